The Kier molecular flexibility index (Phi) is 4.11. The lowest BCUT2D eigenvalue weighted by atomic mass is 9.99. The molecule has 3 heteroatoms. The molecule has 1 aliphatic carbocycles. The predicted molar refractivity (Wildman–Crippen MR) is 69.6 cm³/mol. The van der Waals surface area contributed by atoms with Crippen LogP contribution in [0.1, 0.15) is 42.5 Å². The zero-order chi connectivity index (χ0) is 12.3. The van der Waals surface area contributed by atoms with E-state index in [4.69, 9.17) is 0 Å². The molecule has 0 radical (unpaired) electrons. The average Bonchev–Trinajstić information content (AvgIpc) is 2.57. The molecular weight excluding hydrogens is 283 g/mol. The van der Waals surface area contributed by atoms with Crippen molar-refractivity contribution in [3.8, 4) is 0 Å². The van der Waals surface area contributed by atoms with Crippen molar-refractivity contribution in [1.29, 1.82) is 0 Å². The lowest BCUT2D eigenvalue weighted by molar-refractivity contribution is 0.102. The summed E-state index contributed by atoms with van der Waals surface area (Å²) in [7, 11) is 0. The molecule has 1 nitrogen and oxygen atoms in total. The van der Waals surface area contributed by atoms with Crippen LogP contribution in [0.2, 0.25) is 0 Å². The van der Waals surface area contributed by atoms with Gasteiger partial charge in [0, 0.05) is 4.47 Å². The first-order valence-electron chi connectivity index (χ1n) is 5.88. The molecule has 90 valence electrons. The van der Waals surface area contributed by atoms with E-state index in [9.17, 15) is 9.18 Å². The van der Waals surface area contributed by atoms with Crippen LogP contribution in [0.15, 0.2) is 34.3 Å². The third-order valence-corrected chi connectivity index (χ3v) is 3.68. The average molecular weight is 297 g/mol. The Labute approximate surface area is 109 Å². The molecule has 0 saturated carbocycles. The van der Waals surface area contributed by atoms with Crippen LogP contribution in [0.3, 0.4) is 0 Å². The topological polar surface area (TPSA) is 17.1 Å². The summed E-state index contributed by atoms with van der Waals surface area (Å²) in [6.07, 6.45) is 6.94. The molecule has 0 heterocycles. The normalized spacial score (nSPS) is 16.2. The maximum absolute atomic E-state index is 13.7. The van der Waals surface area contributed by atoms with Crippen molar-refractivity contribution in [2.45, 2.75) is 32.1 Å². The molecule has 0 spiro atoms. The lowest BCUT2D eigenvalue weighted by Gasteiger charge is -2.07. The third kappa shape index (κ3) is 2.83. The Hall–Kier alpha value is -0.960. The Balaban J connectivity index is 2.33. The summed E-state index contributed by atoms with van der Waals surface area (Å²) in [6, 6.07) is 4.63. The molecule has 0 fully saturated rings. The van der Waals surface area contributed by atoms with Gasteiger partial charge in [0.2, 0.25) is 0 Å². The highest BCUT2D eigenvalue weighted by Crippen LogP contribution is 2.26. The van der Waals surface area contributed by atoms with E-state index in [1.165, 1.54) is 6.07 Å². The van der Waals surface area contributed by atoms with Crippen molar-refractivity contribution >= 4 is 21.7 Å². The van der Waals surface area contributed by atoms with Gasteiger partial charge in [0.1, 0.15) is 5.82 Å². The van der Waals surface area contributed by atoms with Gasteiger partial charge in [-0.05, 0) is 59.3 Å². The van der Waals surface area contributed by atoms with Gasteiger partial charge in [-0.2, -0.15) is 0 Å². The zero-order valence-corrected chi connectivity index (χ0v) is 11.1. The smallest absolute Gasteiger partial charge is 0.192 e. The summed E-state index contributed by atoms with van der Waals surface area (Å²) in [4.78, 5) is 12.3. The molecule has 1 aromatic carbocycles. The number of rotatable bonds is 2. The van der Waals surface area contributed by atoms with Crippen LogP contribution in [0.25, 0.3) is 0 Å². The Morgan fingerprint density at radius 3 is 2.82 bits per heavy atom. The van der Waals surface area contributed by atoms with Crippen LogP contribution in [0, 0.1) is 5.82 Å². The molecule has 0 saturated heterocycles. The SMILES string of the molecule is O=C(C1=CCCCCC1)c1c(F)cccc1Br. The van der Waals surface area contributed by atoms with E-state index < -0.39 is 5.82 Å². The fourth-order valence-electron chi connectivity index (χ4n) is 2.10. The first-order valence-corrected chi connectivity index (χ1v) is 6.67. The summed E-state index contributed by atoms with van der Waals surface area (Å²) in [5.74, 6) is -0.619. The van der Waals surface area contributed by atoms with Crippen molar-refractivity contribution in [3.63, 3.8) is 0 Å². The Morgan fingerprint density at radius 1 is 1.24 bits per heavy atom. The second-order valence-electron chi connectivity index (χ2n) is 4.25. The van der Waals surface area contributed by atoms with Crippen LogP contribution in [0.4, 0.5) is 4.39 Å². The van der Waals surface area contributed by atoms with Crippen LogP contribution in [0.5, 0.6) is 0 Å². The fraction of sp³-hybridized carbons (Fsp3) is 0.357. The minimum Gasteiger partial charge on any atom is -0.289 e. The maximum Gasteiger partial charge on any atom is 0.192 e. The molecule has 0 amide bonds. The fourth-order valence-corrected chi connectivity index (χ4v) is 2.62. The summed E-state index contributed by atoms with van der Waals surface area (Å²) < 4.78 is 14.2. The quantitative estimate of drug-likeness (QED) is 0.725. The van der Waals surface area contributed by atoms with E-state index in [0.29, 0.717) is 4.47 Å². The summed E-state index contributed by atoms with van der Waals surface area (Å²) >= 11 is 3.25. The van der Waals surface area contributed by atoms with E-state index in [2.05, 4.69) is 15.9 Å². The highest BCUT2D eigenvalue weighted by Gasteiger charge is 2.19. The van der Waals surface area contributed by atoms with E-state index in [0.717, 1.165) is 37.7 Å². The second kappa shape index (κ2) is 5.58. The highest BCUT2D eigenvalue weighted by atomic mass is 79.9. The number of carbonyl (C=O) groups excluding carboxylic acids is 1. The van der Waals surface area contributed by atoms with Gasteiger partial charge in [0.25, 0.3) is 0 Å². The molecule has 0 unspecified atom stereocenters. The first-order chi connectivity index (χ1) is 8.20. The minimum absolute atomic E-state index is 0.167. The second-order valence-corrected chi connectivity index (χ2v) is 5.11. The van der Waals surface area contributed by atoms with E-state index in [1.54, 1.807) is 12.1 Å². The monoisotopic (exact) mass is 296 g/mol. The van der Waals surface area contributed by atoms with Gasteiger partial charge in [0.05, 0.1) is 5.56 Å². The van der Waals surface area contributed by atoms with Crippen LogP contribution in [-0.2, 0) is 0 Å². The van der Waals surface area contributed by atoms with Crippen molar-refractivity contribution in [2.24, 2.45) is 0 Å². The van der Waals surface area contributed by atoms with Gasteiger partial charge in [0.15, 0.2) is 5.78 Å². The Morgan fingerprint density at radius 2 is 2.06 bits per heavy atom. The van der Waals surface area contributed by atoms with E-state index >= 15 is 0 Å². The number of halogens is 2. The predicted octanol–water partition coefficient (Wildman–Crippen LogP) is 4.66. The van der Waals surface area contributed by atoms with E-state index in [-0.39, 0.29) is 11.3 Å². The number of allylic oxidation sites excluding steroid dienone is 2. The first kappa shape index (κ1) is 12.5. The summed E-state index contributed by atoms with van der Waals surface area (Å²) in [5, 5.41) is 0. The van der Waals surface area contributed by atoms with Gasteiger partial charge < -0.3 is 0 Å². The van der Waals surface area contributed by atoms with Crippen molar-refractivity contribution in [3.05, 3.63) is 45.7 Å². The van der Waals surface area contributed by atoms with E-state index in [1.807, 2.05) is 6.08 Å². The minimum atomic E-state index is -0.450. The number of hydrogen-bond acceptors (Lipinski definition) is 1. The van der Waals surface area contributed by atoms with Crippen molar-refractivity contribution < 1.29 is 9.18 Å². The molecule has 2 rings (SSSR count). The standard InChI is InChI=1S/C14H14BrFO/c15-11-8-5-9-12(16)13(11)14(17)10-6-3-1-2-4-7-10/h5-6,8-9H,1-4,7H2. The highest BCUT2D eigenvalue weighted by molar-refractivity contribution is 9.10. The largest absolute Gasteiger partial charge is 0.289 e. The van der Waals surface area contributed by atoms with Gasteiger partial charge >= 0.3 is 0 Å². The molecule has 0 bridgehead atoms. The molecule has 0 N–H and O–H groups in total. The van der Waals surface area contributed by atoms with Crippen LogP contribution < -0.4 is 0 Å². The number of Topliss-reactive ketones (excluding diaryl/α,β-unsaturated/α-hetero) is 1. The molecule has 1 aromatic rings. The molecule has 0 atom stereocenters. The Bertz CT molecular complexity index is 445. The number of carbonyl (C=O) groups is 1. The van der Waals surface area contributed by atoms with Crippen LogP contribution >= 0.6 is 15.9 Å². The van der Waals surface area contributed by atoms with Gasteiger partial charge in [-0.15, -0.1) is 0 Å². The van der Waals surface area contributed by atoms with Crippen LogP contribution in [-0.4, -0.2) is 5.78 Å². The number of ketones is 1. The lowest BCUT2D eigenvalue weighted by Crippen LogP contribution is -2.07. The molecule has 17 heavy (non-hydrogen) atoms. The molecule has 1 aliphatic rings. The number of benzene rings is 1. The van der Waals surface area contributed by atoms with Gasteiger partial charge in [-0.3, -0.25) is 4.79 Å². The molecule has 0 aromatic heterocycles. The number of hydrogen-bond donors (Lipinski definition) is 0. The van der Waals surface area contributed by atoms with Crippen molar-refractivity contribution in [1.82, 2.24) is 0 Å². The van der Waals surface area contributed by atoms with Gasteiger partial charge in [-0.25, -0.2) is 4.39 Å². The van der Waals surface area contributed by atoms with Gasteiger partial charge in [-0.1, -0.05) is 18.6 Å². The molecular formula is C14H14BrFO. The third-order valence-electron chi connectivity index (χ3n) is 3.02. The zero-order valence-electron chi connectivity index (χ0n) is 9.51. The van der Waals surface area contributed by atoms with Crippen molar-refractivity contribution in [2.75, 3.05) is 0 Å². The maximum atomic E-state index is 13.7. The molecule has 0 aliphatic heterocycles. The summed E-state index contributed by atoms with van der Waals surface area (Å²) in [6.45, 7) is 0. The summed E-state index contributed by atoms with van der Waals surface area (Å²) in [5.41, 5.74) is 0.925.